The molecular weight excluding hydrogens is 494 g/mol. The SMILES string of the molecule is O=C(COC12CC3CC(C1)CC(OC(=O)C(F)(F)SOO[O-])(C3)C2)OC1C2CC3C(=O)OC1C3C2. The van der Waals surface area contributed by atoms with Gasteiger partial charge in [0, 0.05) is 18.3 Å². The molecule has 0 N–H and O–H groups in total. The lowest BCUT2D eigenvalue weighted by molar-refractivity contribution is -0.777. The third kappa shape index (κ3) is 4.03. The van der Waals surface area contributed by atoms with Crippen LogP contribution in [0.25, 0.3) is 0 Å². The van der Waals surface area contributed by atoms with E-state index < -0.39 is 46.5 Å². The van der Waals surface area contributed by atoms with Crippen LogP contribution in [-0.4, -0.2) is 53.2 Å². The van der Waals surface area contributed by atoms with Crippen LogP contribution in [-0.2, 0) is 42.7 Å². The topological polar surface area (TPSA) is 130 Å². The van der Waals surface area contributed by atoms with Crippen LogP contribution in [0.1, 0.15) is 51.4 Å². The van der Waals surface area contributed by atoms with E-state index in [2.05, 4.69) is 9.37 Å². The van der Waals surface area contributed by atoms with Gasteiger partial charge in [-0.05, 0) is 56.8 Å². The van der Waals surface area contributed by atoms with Gasteiger partial charge >= 0.3 is 23.2 Å². The Labute approximate surface area is 203 Å². The van der Waals surface area contributed by atoms with Crippen LogP contribution in [0.2, 0.25) is 0 Å². The third-order valence-electron chi connectivity index (χ3n) is 8.84. The van der Waals surface area contributed by atoms with Crippen LogP contribution in [0.5, 0.6) is 0 Å². The molecule has 0 aromatic heterocycles. The number of halogens is 2. The van der Waals surface area contributed by atoms with Crippen LogP contribution < -0.4 is 5.26 Å². The van der Waals surface area contributed by atoms with Gasteiger partial charge in [0.1, 0.15) is 36.5 Å². The maximum atomic E-state index is 14.0. The first-order valence-corrected chi connectivity index (χ1v) is 12.6. The standard InChI is InChI=1S/C22H26F2O10S/c23-22(24,35-34-33-28)19(27)32-21-6-10-1-11(7-21)5-20(4-10,9-21)29-8-15(25)30-16-12-2-13-14(3-12)18(26)31-17(13)16/h10-14,16-17,28H,1-9H2/p-1. The minimum Gasteiger partial charge on any atom is -0.691 e. The zero-order valence-corrected chi connectivity index (χ0v) is 19.5. The van der Waals surface area contributed by atoms with Gasteiger partial charge in [-0.1, -0.05) is 0 Å². The average Bonchev–Trinajstić information content (AvgIpc) is 3.40. The van der Waals surface area contributed by atoms with Gasteiger partial charge in [0.25, 0.3) is 0 Å². The molecule has 1 heterocycles. The monoisotopic (exact) mass is 519 g/mol. The molecule has 0 aromatic rings. The van der Waals surface area contributed by atoms with Crippen molar-refractivity contribution in [1.29, 1.82) is 0 Å². The number of hydrogen-bond donors (Lipinski definition) is 0. The molecule has 0 aromatic carbocycles. The summed E-state index contributed by atoms with van der Waals surface area (Å²) in [4.78, 5) is 36.8. The molecule has 0 radical (unpaired) electrons. The Hall–Kier alpha value is -1.54. The summed E-state index contributed by atoms with van der Waals surface area (Å²) in [5, 5.41) is 8.67. The number of esters is 3. The zero-order valence-electron chi connectivity index (χ0n) is 18.7. The Morgan fingerprint density at radius 2 is 1.83 bits per heavy atom. The van der Waals surface area contributed by atoms with Crippen LogP contribution in [0.15, 0.2) is 0 Å². The van der Waals surface area contributed by atoms with E-state index in [4.69, 9.17) is 18.9 Å². The van der Waals surface area contributed by atoms with E-state index in [-0.39, 0.29) is 54.7 Å². The molecule has 6 bridgehead atoms. The highest BCUT2D eigenvalue weighted by atomic mass is 32.2. The van der Waals surface area contributed by atoms with Gasteiger partial charge < -0.3 is 24.2 Å². The number of rotatable bonds is 9. The Bertz CT molecular complexity index is 916. The quantitative estimate of drug-likeness (QED) is 0.145. The highest BCUT2D eigenvalue weighted by molar-refractivity contribution is 7.96. The van der Waals surface area contributed by atoms with Gasteiger partial charge in [0.2, 0.25) is 0 Å². The van der Waals surface area contributed by atoms with Crippen molar-refractivity contribution in [1.82, 2.24) is 0 Å². The first-order valence-electron chi connectivity index (χ1n) is 11.9. The summed E-state index contributed by atoms with van der Waals surface area (Å²) in [5.74, 6) is -2.19. The fourth-order valence-electron chi connectivity index (χ4n) is 8.19. The summed E-state index contributed by atoms with van der Waals surface area (Å²) in [6, 6.07) is 0. The third-order valence-corrected chi connectivity index (χ3v) is 9.34. The molecule has 7 rings (SSSR count). The van der Waals surface area contributed by atoms with E-state index in [1.165, 1.54) is 0 Å². The van der Waals surface area contributed by atoms with E-state index in [1.54, 1.807) is 0 Å². The number of ether oxygens (including phenoxy) is 4. The summed E-state index contributed by atoms with van der Waals surface area (Å²) in [6.07, 6.45) is 3.89. The lowest BCUT2D eigenvalue weighted by Crippen LogP contribution is -2.62. The van der Waals surface area contributed by atoms with Crippen molar-refractivity contribution in [2.45, 2.75) is 80.0 Å². The normalized spacial score (nSPS) is 44.5. The molecule has 1 saturated heterocycles. The molecule has 13 heteroatoms. The summed E-state index contributed by atoms with van der Waals surface area (Å²) in [5.41, 5.74) is -1.91. The number of hydrogen-bond acceptors (Lipinski definition) is 11. The van der Waals surface area contributed by atoms with E-state index in [9.17, 15) is 28.4 Å². The van der Waals surface area contributed by atoms with Crippen molar-refractivity contribution in [3.8, 4) is 0 Å². The van der Waals surface area contributed by atoms with Crippen molar-refractivity contribution in [2.75, 3.05) is 6.61 Å². The number of alkyl halides is 2. The Morgan fingerprint density at radius 1 is 1.11 bits per heavy atom. The van der Waals surface area contributed by atoms with Gasteiger partial charge in [-0.25, -0.2) is 9.59 Å². The van der Waals surface area contributed by atoms with Gasteiger partial charge in [0.05, 0.1) is 11.5 Å². The molecule has 35 heavy (non-hydrogen) atoms. The number of carbonyl (C=O) groups excluding carboxylic acids is 3. The Morgan fingerprint density at radius 3 is 2.54 bits per heavy atom. The Balaban J connectivity index is 1.08. The lowest BCUT2D eigenvalue weighted by Gasteiger charge is -2.60. The van der Waals surface area contributed by atoms with E-state index >= 15 is 0 Å². The highest BCUT2D eigenvalue weighted by Gasteiger charge is 2.64. The van der Waals surface area contributed by atoms with Crippen LogP contribution in [0.3, 0.4) is 0 Å². The van der Waals surface area contributed by atoms with Gasteiger partial charge in [-0.2, -0.15) is 13.1 Å². The maximum absolute atomic E-state index is 14.0. The molecular formula is C22H25F2O10S-. The Kier molecular flexibility index (Phi) is 5.61. The van der Waals surface area contributed by atoms with Crippen molar-refractivity contribution in [2.24, 2.45) is 29.6 Å². The summed E-state index contributed by atoms with van der Waals surface area (Å²) in [6.45, 7) is -0.317. The fourth-order valence-corrected chi connectivity index (χ4v) is 8.42. The molecule has 6 aliphatic carbocycles. The van der Waals surface area contributed by atoms with Gasteiger partial charge in [0.15, 0.2) is 0 Å². The van der Waals surface area contributed by atoms with Crippen LogP contribution in [0, 0.1) is 29.6 Å². The van der Waals surface area contributed by atoms with Crippen molar-refractivity contribution in [3.63, 3.8) is 0 Å². The lowest BCUT2D eigenvalue weighted by atomic mass is 9.52. The van der Waals surface area contributed by atoms with Gasteiger partial charge in [-0.3, -0.25) is 9.83 Å². The molecule has 6 saturated carbocycles. The minimum atomic E-state index is -4.12. The van der Waals surface area contributed by atoms with E-state index in [1.807, 2.05) is 0 Å². The summed E-state index contributed by atoms with van der Waals surface area (Å²) >= 11 is -0.713. The van der Waals surface area contributed by atoms with Crippen molar-refractivity contribution < 1.29 is 56.7 Å². The maximum Gasteiger partial charge on any atom is 0.415 e. The van der Waals surface area contributed by atoms with Crippen LogP contribution in [0.4, 0.5) is 8.78 Å². The second kappa shape index (κ2) is 8.23. The molecule has 0 amide bonds. The van der Waals surface area contributed by atoms with E-state index in [0.29, 0.717) is 32.1 Å². The van der Waals surface area contributed by atoms with E-state index in [0.717, 1.165) is 12.8 Å². The van der Waals surface area contributed by atoms with Gasteiger partial charge in [-0.15, -0.1) is 0 Å². The predicted molar refractivity (Wildman–Crippen MR) is 106 cm³/mol. The van der Waals surface area contributed by atoms with Crippen molar-refractivity contribution >= 4 is 30.0 Å². The molecule has 7 unspecified atom stereocenters. The first-order chi connectivity index (χ1) is 16.6. The molecule has 194 valence electrons. The second-order valence-electron chi connectivity index (χ2n) is 11.1. The number of fused-ring (bicyclic) bond motifs is 1. The summed E-state index contributed by atoms with van der Waals surface area (Å²) < 4.78 is 54.2. The largest absolute Gasteiger partial charge is 0.691 e. The average molecular weight is 519 g/mol. The highest BCUT2D eigenvalue weighted by Crippen LogP contribution is 2.61. The first kappa shape index (κ1) is 23.8. The zero-order chi connectivity index (χ0) is 24.6. The fraction of sp³-hybridized carbons (Fsp3) is 0.864. The van der Waals surface area contributed by atoms with Crippen LogP contribution >= 0.6 is 12.0 Å². The van der Waals surface area contributed by atoms with Crippen molar-refractivity contribution in [3.05, 3.63) is 0 Å². The predicted octanol–water partition coefficient (Wildman–Crippen LogP) is 1.60. The smallest absolute Gasteiger partial charge is 0.415 e. The minimum absolute atomic E-state index is 0.0766. The molecule has 1 aliphatic heterocycles. The second-order valence-corrected chi connectivity index (χ2v) is 11.9. The molecule has 7 fully saturated rings. The molecule has 7 atom stereocenters. The molecule has 10 nitrogen and oxygen atoms in total. The molecule has 0 spiro atoms. The molecule has 7 aliphatic rings. The number of carbonyl (C=O) groups is 3. The summed E-state index contributed by atoms with van der Waals surface area (Å²) in [7, 11) is 0.